The number of nitrogens with zero attached hydrogens (tertiary/aromatic N) is 2. The summed E-state index contributed by atoms with van der Waals surface area (Å²) in [6.45, 7) is 4.19. The maximum atomic E-state index is 5.07. The zero-order valence-corrected chi connectivity index (χ0v) is 19.1. The lowest BCUT2D eigenvalue weighted by molar-refractivity contribution is 0.380. The Hall–Kier alpha value is -3.16. The van der Waals surface area contributed by atoms with Crippen molar-refractivity contribution in [2.24, 2.45) is 0 Å². The number of benzene rings is 3. The maximum absolute atomic E-state index is 5.07. The Bertz CT molecular complexity index is 1420. The van der Waals surface area contributed by atoms with Crippen LogP contribution in [0.1, 0.15) is 36.3 Å². The number of fused-ring (bicyclic) bond motifs is 5. The molecule has 0 radical (unpaired) electrons. The van der Waals surface area contributed by atoms with E-state index in [1.54, 1.807) is 0 Å². The SMILES string of the molecule is c1cc2nc3c(ccc4cc5cc(C6NCCCN6)ccc5nc43)cc2cc1C1NCCCN1. The molecule has 0 aliphatic carbocycles. The normalized spacial score (nSPS) is 18.4. The molecule has 0 unspecified atom stereocenters. The highest BCUT2D eigenvalue weighted by Gasteiger charge is 2.16. The molecule has 2 fully saturated rings. The van der Waals surface area contributed by atoms with Gasteiger partial charge in [0.25, 0.3) is 0 Å². The quantitative estimate of drug-likeness (QED) is 0.239. The van der Waals surface area contributed by atoms with E-state index < -0.39 is 0 Å². The van der Waals surface area contributed by atoms with Crippen LogP contribution in [0.25, 0.3) is 43.6 Å². The molecule has 7 rings (SSSR count). The Balaban J connectivity index is 1.33. The van der Waals surface area contributed by atoms with Gasteiger partial charge in [0.15, 0.2) is 0 Å². The monoisotopic (exact) mass is 448 g/mol. The fourth-order valence-electron chi connectivity index (χ4n) is 5.37. The van der Waals surface area contributed by atoms with Crippen LogP contribution in [0, 0.1) is 0 Å². The van der Waals surface area contributed by atoms with Crippen LogP contribution in [0.15, 0.2) is 60.7 Å². The minimum Gasteiger partial charge on any atom is -0.298 e. The fourth-order valence-corrected chi connectivity index (χ4v) is 5.37. The summed E-state index contributed by atoms with van der Waals surface area (Å²) in [5, 5.41) is 18.8. The van der Waals surface area contributed by atoms with E-state index in [1.165, 1.54) is 24.0 Å². The average Bonchev–Trinajstić information content (AvgIpc) is 2.91. The van der Waals surface area contributed by atoms with Gasteiger partial charge < -0.3 is 0 Å². The molecule has 3 aromatic carbocycles. The largest absolute Gasteiger partial charge is 0.298 e. The standard InChI is InChI=1S/C28H28N6/c1-9-29-27(30-10-1)19-5-7-23-21(15-19)13-17-3-4-18-14-22-16-20(28-31-11-2-12-32-28)6-8-24(22)34-26(18)25(17)33-23/h3-8,13-16,27-32H,1-2,9-12H2. The van der Waals surface area contributed by atoms with Gasteiger partial charge in [0.05, 0.1) is 34.4 Å². The van der Waals surface area contributed by atoms with Crippen LogP contribution in [0.2, 0.25) is 0 Å². The third-order valence-corrected chi connectivity index (χ3v) is 7.17. The Morgan fingerprint density at radius 2 is 0.941 bits per heavy atom. The van der Waals surface area contributed by atoms with E-state index in [0.717, 1.165) is 69.8 Å². The van der Waals surface area contributed by atoms with Crippen LogP contribution in [0.5, 0.6) is 0 Å². The zero-order chi connectivity index (χ0) is 22.5. The molecule has 0 amide bonds. The molecule has 6 heteroatoms. The lowest BCUT2D eigenvalue weighted by atomic mass is 10.0. The molecule has 34 heavy (non-hydrogen) atoms. The third-order valence-electron chi connectivity index (χ3n) is 7.17. The van der Waals surface area contributed by atoms with E-state index in [9.17, 15) is 0 Å². The summed E-state index contributed by atoms with van der Waals surface area (Å²) in [7, 11) is 0. The summed E-state index contributed by atoms with van der Waals surface area (Å²) in [6.07, 6.45) is 2.76. The molecule has 4 N–H and O–H groups in total. The van der Waals surface area contributed by atoms with Gasteiger partial charge in [-0.15, -0.1) is 0 Å². The molecule has 0 saturated carbocycles. The van der Waals surface area contributed by atoms with Crippen molar-refractivity contribution in [3.05, 3.63) is 71.8 Å². The summed E-state index contributed by atoms with van der Waals surface area (Å²) >= 11 is 0. The highest BCUT2D eigenvalue weighted by molar-refractivity contribution is 6.09. The Morgan fingerprint density at radius 1 is 0.500 bits per heavy atom. The minimum atomic E-state index is 0.211. The zero-order valence-electron chi connectivity index (χ0n) is 19.1. The third kappa shape index (κ3) is 3.51. The number of rotatable bonds is 2. The first-order valence-corrected chi connectivity index (χ1v) is 12.3. The maximum Gasteiger partial charge on any atom is 0.0972 e. The molecular weight excluding hydrogens is 420 g/mol. The summed E-state index contributed by atoms with van der Waals surface area (Å²) in [4.78, 5) is 10.1. The van der Waals surface area contributed by atoms with Crippen LogP contribution < -0.4 is 21.3 Å². The van der Waals surface area contributed by atoms with E-state index in [0.29, 0.717) is 0 Å². The van der Waals surface area contributed by atoms with Gasteiger partial charge in [0.2, 0.25) is 0 Å². The highest BCUT2D eigenvalue weighted by Crippen LogP contribution is 2.30. The van der Waals surface area contributed by atoms with E-state index >= 15 is 0 Å². The average molecular weight is 449 g/mol. The summed E-state index contributed by atoms with van der Waals surface area (Å²) in [5.74, 6) is 0. The molecule has 2 aliphatic rings. The molecule has 2 aliphatic heterocycles. The van der Waals surface area contributed by atoms with Crippen LogP contribution >= 0.6 is 0 Å². The summed E-state index contributed by atoms with van der Waals surface area (Å²) < 4.78 is 0. The first-order valence-electron chi connectivity index (χ1n) is 12.3. The van der Waals surface area contributed by atoms with Crippen molar-refractivity contribution < 1.29 is 0 Å². The topological polar surface area (TPSA) is 73.9 Å². The lowest BCUT2D eigenvalue weighted by Gasteiger charge is -2.25. The van der Waals surface area contributed by atoms with Crippen molar-refractivity contribution in [2.75, 3.05) is 26.2 Å². The van der Waals surface area contributed by atoms with Crippen molar-refractivity contribution in [3.8, 4) is 0 Å². The number of nitrogens with one attached hydrogen (secondary N) is 4. The predicted molar refractivity (Wildman–Crippen MR) is 139 cm³/mol. The molecule has 0 spiro atoms. The van der Waals surface area contributed by atoms with Crippen molar-refractivity contribution in [1.82, 2.24) is 31.2 Å². The number of hydrogen-bond acceptors (Lipinski definition) is 6. The van der Waals surface area contributed by atoms with E-state index in [4.69, 9.17) is 9.97 Å². The van der Waals surface area contributed by atoms with E-state index in [2.05, 4.69) is 81.9 Å². The van der Waals surface area contributed by atoms with Gasteiger partial charge in [0.1, 0.15) is 0 Å². The van der Waals surface area contributed by atoms with Gasteiger partial charge in [-0.2, -0.15) is 0 Å². The van der Waals surface area contributed by atoms with Crippen molar-refractivity contribution in [2.45, 2.75) is 25.2 Å². The molecule has 170 valence electrons. The predicted octanol–water partition coefficient (Wildman–Crippen LogP) is 4.25. The number of hydrogen-bond donors (Lipinski definition) is 4. The molecule has 2 saturated heterocycles. The second-order valence-electron chi connectivity index (χ2n) is 9.48. The number of pyridine rings is 2. The van der Waals surface area contributed by atoms with Gasteiger partial charge in [-0.05, 0) is 86.5 Å². The van der Waals surface area contributed by atoms with E-state index in [1.807, 2.05) is 0 Å². The Morgan fingerprint density at radius 3 is 1.38 bits per heavy atom. The van der Waals surface area contributed by atoms with E-state index in [-0.39, 0.29) is 12.3 Å². The molecule has 0 bridgehead atoms. The smallest absolute Gasteiger partial charge is 0.0972 e. The van der Waals surface area contributed by atoms with Gasteiger partial charge in [-0.3, -0.25) is 21.3 Å². The second-order valence-corrected chi connectivity index (χ2v) is 9.48. The fraction of sp³-hybridized carbons (Fsp3) is 0.286. The van der Waals surface area contributed by atoms with Gasteiger partial charge in [0, 0.05) is 21.5 Å². The Labute approximate surface area is 198 Å². The van der Waals surface area contributed by atoms with Crippen LogP contribution in [0.3, 0.4) is 0 Å². The molecule has 4 heterocycles. The summed E-state index contributed by atoms with van der Waals surface area (Å²) in [6, 6.07) is 22.0. The summed E-state index contributed by atoms with van der Waals surface area (Å²) in [5.41, 5.74) is 6.46. The van der Waals surface area contributed by atoms with Gasteiger partial charge in [-0.1, -0.05) is 24.3 Å². The van der Waals surface area contributed by atoms with Crippen molar-refractivity contribution in [1.29, 1.82) is 0 Å². The highest BCUT2D eigenvalue weighted by atomic mass is 15.1. The van der Waals surface area contributed by atoms with Gasteiger partial charge >= 0.3 is 0 Å². The first-order chi connectivity index (χ1) is 16.8. The molecule has 2 aromatic heterocycles. The van der Waals surface area contributed by atoms with Crippen molar-refractivity contribution >= 4 is 43.6 Å². The molecule has 0 atom stereocenters. The van der Waals surface area contributed by atoms with Crippen molar-refractivity contribution in [3.63, 3.8) is 0 Å². The Kier molecular flexibility index (Phi) is 4.91. The number of aromatic nitrogens is 2. The van der Waals surface area contributed by atoms with Crippen LogP contribution in [0.4, 0.5) is 0 Å². The van der Waals surface area contributed by atoms with Crippen LogP contribution in [-0.4, -0.2) is 36.1 Å². The minimum absolute atomic E-state index is 0.211. The molecule has 6 nitrogen and oxygen atoms in total. The van der Waals surface area contributed by atoms with Gasteiger partial charge in [-0.25, -0.2) is 9.97 Å². The first kappa shape index (κ1) is 20.2. The lowest BCUT2D eigenvalue weighted by Crippen LogP contribution is -2.41. The molecule has 5 aromatic rings. The molecular formula is C28H28N6. The van der Waals surface area contributed by atoms with Crippen LogP contribution in [-0.2, 0) is 0 Å². The second kappa shape index (κ2) is 8.25.